The zero-order valence-electron chi connectivity index (χ0n) is 12.2. The van der Waals surface area contributed by atoms with Crippen molar-refractivity contribution in [1.82, 2.24) is 15.0 Å². The predicted octanol–water partition coefficient (Wildman–Crippen LogP) is 3.32. The van der Waals surface area contributed by atoms with Crippen molar-refractivity contribution in [1.29, 1.82) is 5.26 Å². The Morgan fingerprint density at radius 1 is 1.36 bits per heavy atom. The van der Waals surface area contributed by atoms with E-state index in [0.29, 0.717) is 19.5 Å². The summed E-state index contributed by atoms with van der Waals surface area (Å²) in [6.45, 7) is 3.38. The average Bonchev–Trinajstić information content (AvgIpc) is 2.94. The van der Waals surface area contributed by atoms with Crippen LogP contribution in [0.2, 0.25) is 0 Å². The van der Waals surface area contributed by atoms with Gasteiger partial charge >= 0.3 is 0 Å². The number of rotatable bonds is 5. The summed E-state index contributed by atoms with van der Waals surface area (Å²) >= 11 is 1.62. The molecule has 22 heavy (non-hydrogen) atoms. The van der Waals surface area contributed by atoms with Gasteiger partial charge in [-0.2, -0.15) is 5.26 Å². The van der Waals surface area contributed by atoms with E-state index in [4.69, 9.17) is 5.26 Å². The second kappa shape index (κ2) is 6.50. The van der Waals surface area contributed by atoms with Crippen LogP contribution in [0.4, 0.5) is 5.82 Å². The second-order valence-corrected chi connectivity index (χ2v) is 5.85. The summed E-state index contributed by atoms with van der Waals surface area (Å²) in [6.07, 6.45) is 5.65. The Morgan fingerprint density at radius 3 is 3.05 bits per heavy atom. The highest BCUT2D eigenvalue weighted by atomic mass is 32.1. The summed E-state index contributed by atoms with van der Waals surface area (Å²) < 4.78 is 0. The van der Waals surface area contributed by atoms with Crippen LogP contribution in [0.15, 0.2) is 36.2 Å². The summed E-state index contributed by atoms with van der Waals surface area (Å²) in [7, 11) is 0. The number of aryl methyl sites for hydroxylation is 1. The minimum absolute atomic E-state index is 0.453. The number of pyridine rings is 1. The number of hydrogen-bond acceptors (Lipinski definition) is 6. The average molecular weight is 309 g/mol. The molecule has 3 aromatic heterocycles. The van der Waals surface area contributed by atoms with Gasteiger partial charge in [-0.1, -0.05) is 6.07 Å². The van der Waals surface area contributed by atoms with Gasteiger partial charge in [0.15, 0.2) is 0 Å². The van der Waals surface area contributed by atoms with Crippen molar-refractivity contribution >= 4 is 27.4 Å². The van der Waals surface area contributed by atoms with E-state index in [-0.39, 0.29) is 0 Å². The van der Waals surface area contributed by atoms with Crippen LogP contribution in [0.25, 0.3) is 10.2 Å². The van der Waals surface area contributed by atoms with Crippen LogP contribution in [0, 0.1) is 18.3 Å². The molecule has 0 unspecified atom stereocenters. The molecule has 5 nitrogen and oxygen atoms in total. The molecular weight excluding hydrogens is 294 g/mol. The van der Waals surface area contributed by atoms with E-state index in [1.807, 2.05) is 18.3 Å². The van der Waals surface area contributed by atoms with Gasteiger partial charge in [0.2, 0.25) is 0 Å². The van der Waals surface area contributed by atoms with Crippen molar-refractivity contribution in [3.05, 3.63) is 47.4 Å². The van der Waals surface area contributed by atoms with E-state index >= 15 is 0 Å². The molecule has 3 rings (SSSR count). The zero-order chi connectivity index (χ0) is 15.4. The minimum Gasteiger partial charge on any atom is -0.351 e. The van der Waals surface area contributed by atoms with Crippen LogP contribution in [0.5, 0.6) is 0 Å². The van der Waals surface area contributed by atoms with Gasteiger partial charge < -0.3 is 4.90 Å². The Bertz CT molecular complexity index is 806. The maximum atomic E-state index is 8.94. The van der Waals surface area contributed by atoms with Crippen LogP contribution in [-0.2, 0) is 6.54 Å². The van der Waals surface area contributed by atoms with Gasteiger partial charge in [-0.25, -0.2) is 9.97 Å². The van der Waals surface area contributed by atoms with Gasteiger partial charge in [-0.05, 0) is 29.5 Å². The Hall–Kier alpha value is -2.52. The van der Waals surface area contributed by atoms with Crippen molar-refractivity contribution < 1.29 is 0 Å². The van der Waals surface area contributed by atoms with E-state index in [0.717, 1.165) is 21.6 Å². The molecule has 0 aliphatic carbocycles. The lowest BCUT2D eigenvalue weighted by Crippen LogP contribution is -2.25. The molecule has 0 atom stereocenters. The molecule has 0 amide bonds. The first-order valence-electron chi connectivity index (χ1n) is 6.99. The summed E-state index contributed by atoms with van der Waals surface area (Å²) in [5, 5.41) is 12.1. The highest BCUT2D eigenvalue weighted by Crippen LogP contribution is 2.31. The standard InChI is InChI=1S/C16H15N5S/c1-12-10-22-16-14(12)15(19-11-20-16)21(7-3-5-17)9-13-4-2-6-18-8-13/h2,4,6,8,10-11H,3,7,9H2,1H3. The lowest BCUT2D eigenvalue weighted by atomic mass is 10.2. The fraction of sp³-hybridized carbons (Fsp3) is 0.250. The Balaban J connectivity index is 2.00. The molecule has 0 saturated heterocycles. The largest absolute Gasteiger partial charge is 0.351 e. The number of nitrogens with zero attached hydrogens (tertiary/aromatic N) is 5. The number of anilines is 1. The third kappa shape index (κ3) is 2.90. The van der Waals surface area contributed by atoms with E-state index in [9.17, 15) is 0 Å². The van der Waals surface area contributed by atoms with Gasteiger partial charge in [0.1, 0.15) is 17.0 Å². The second-order valence-electron chi connectivity index (χ2n) is 4.99. The Kier molecular flexibility index (Phi) is 4.26. The topological polar surface area (TPSA) is 65.7 Å². The number of thiophene rings is 1. The molecule has 0 radical (unpaired) electrons. The lowest BCUT2D eigenvalue weighted by molar-refractivity contribution is 0.783. The Labute approximate surface area is 132 Å². The highest BCUT2D eigenvalue weighted by Gasteiger charge is 2.15. The van der Waals surface area contributed by atoms with Crippen LogP contribution in [-0.4, -0.2) is 21.5 Å². The van der Waals surface area contributed by atoms with Crippen LogP contribution in [0.3, 0.4) is 0 Å². The van der Waals surface area contributed by atoms with Crippen molar-refractivity contribution in [2.24, 2.45) is 0 Å². The third-order valence-corrected chi connectivity index (χ3v) is 4.43. The fourth-order valence-corrected chi connectivity index (χ4v) is 3.28. The normalized spacial score (nSPS) is 10.5. The molecule has 0 fully saturated rings. The van der Waals surface area contributed by atoms with E-state index in [2.05, 4.69) is 38.2 Å². The smallest absolute Gasteiger partial charge is 0.141 e. The van der Waals surface area contributed by atoms with Crippen LogP contribution < -0.4 is 4.90 Å². The van der Waals surface area contributed by atoms with Crippen LogP contribution in [0.1, 0.15) is 17.5 Å². The van der Waals surface area contributed by atoms with Crippen molar-refractivity contribution in [2.45, 2.75) is 19.9 Å². The molecule has 3 heterocycles. The number of fused-ring (bicyclic) bond motifs is 1. The van der Waals surface area contributed by atoms with Gasteiger partial charge in [0.05, 0.1) is 17.9 Å². The molecule has 0 N–H and O–H groups in total. The molecule has 0 aromatic carbocycles. The maximum absolute atomic E-state index is 8.94. The molecule has 3 aromatic rings. The lowest BCUT2D eigenvalue weighted by Gasteiger charge is -2.23. The highest BCUT2D eigenvalue weighted by molar-refractivity contribution is 7.17. The maximum Gasteiger partial charge on any atom is 0.141 e. The first-order chi connectivity index (χ1) is 10.8. The van der Waals surface area contributed by atoms with E-state index < -0.39 is 0 Å². The van der Waals surface area contributed by atoms with Gasteiger partial charge in [0.25, 0.3) is 0 Å². The molecule has 0 aliphatic heterocycles. The molecule has 110 valence electrons. The van der Waals surface area contributed by atoms with E-state index in [1.165, 1.54) is 5.56 Å². The fourth-order valence-electron chi connectivity index (χ4n) is 2.39. The number of aromatic nitrogens is 3. The molecular formula is C16H15N5S. The monoisotopic (exact) mass is 309 g/mol. The molecule has 6 heteroatoms. The summed E-state index contributed by atoms with van der Waals surface area (Å²) in [5.74, 6) is 0.892. The van der Waals surface area contributed by atoms with Gasteiger partial charge in [-0.3, -0.25) is 4.98 Å². The summed E-state index contributed by atoms with van der Waals surface area (Å²) in [5.41, 5.74) is 2.27. The minimum atomic E-state index is 0.453. The van der Waals surface area contributed by atoms with E-state index in [1.54, 1.807) is 23.9 Å². The molecule has 0 saturated carbocycles. The predicted molar refractivity (Wildman–Crippen MR) is 87.7 cm³/mol. The number of hydrogen-bond donors (Lipinski definition) is 0. The SMILES string of the molecule is Cc1csc2ncnc(N(CCC#N)Cc3cccnc3)c12. The third-order valence-electron chi connectivity index (χ3n) is 3.42. The molecule has 0 spiro atoms. The zero-order valence-corrected chi connectivity index (χ0v) is 13.0. The summed E-state index contributed by atoms with van der Waals surface area (Å²) in [6, 6.07) is 6.16. The molecule has 0 bridgehead atoms. The summed E-state index contributed by atoms with van der Waals surface area (Å²) in [4.78, 5) is 16.1. The number of nitriles is 1. The first kappa shape index (κ1) is 14.4. The van der Waals surface area contributed by atoms with Crippen molar-refractivity contribution in [3.63, 3.8) is 0 Å². The quantitative estimate of drug-likeness (QED) is 0.723. The Morgan fingerprint density at radius 2 is 2.27 bits per heavy atom. The van der Waals surface area contributed by atoms with Crippen molar-refractivity contribution in [3.8, 4) is 6.07 Å². The molecule has 0 aliphatic rings. The van der Waals surface area contributed by atoms with Crippen LogP contribution >= 0.6 is 11.3 Å². The van der Waals surface area contributed by atoms with Gasteiger partial charge in [-0.15, -0.1) is 11.3 Å². The van der Waals surface area contributed by atoms with Crippen molar-refractivity contribution in [2.75, 3.05) is 11.4 Å². The van der Waals surface area contributed by atoms with Gasteiger partial charge in [0, 0.05) is 25.5 Å². The first-order valence-corrected chi connectivity index (χ1v) is 7.87.